The molecule has 0 bridgehead atoms. The molecule has 0 amide bonds. The number of benzene rings is 2. The van der Waals surface area contributed by atoms with E-state index in [9.17, 15) is 15.0 Å². The summed E-state index contributed by atoms with van der Waals surface area (Å²) in [7, 11) is 0. The van der Waals surface area contributed by atoms with Crippen LogP contribution in [0.15, 0.2) is 54.1 Å². The Labute approximate surface area is 172 Å². The van der Waals surface area contributed by atoms with E-state index in [1.165, 1.54) is 17.7 Å². The van der Waals surface area contributed by atoms with Crippen LogP contribution in [0, 0.1) is 5.92 Å². The zero-order valence-electron chi connectivity index (χ0n) is 17.2. The Morgan fingerprint density at radius 3 is 2.72 bits per heavy atom. The van der Waals surface area contributed by atoms with Gasteiger partial charge in [0.05, 0.1) is 11.5 Å². The van der Waals surface area contributed by atoms with Crippen molar-refractivity contribution >= 4 is 11.9 Å². The Morgan fingerprint density at radius 1 is 1.17 bits per heavy atom. The summed E-state index contributed by atoms with van der Waals surface area (Å²) in [5, 5.41) is 19.8. The summed E-state index contributed by atoms with van der Waals surface area (Å²) in [6.07, 6.45) is 8.47. The number of hydrogen-bond acceptors (Lipinski definition) is 4. The normalized spacial score (nSPS) is 16.9. The van der Waals surface area contributed by atoms with Crippen molar-refractivity contribution in [3.63, 3.8) is 0 Å². The van der Waals surface area contributed by atoms with Gasteiger partial charge in [-0.1, -0.05) is 36.8 Å². The van der Waals surface area contributed by atoms with Crippen LogP contribution in [-0.4, -0.2) is 22.6 Å². The lowest BCUT2D eigenvalue weighted by atomic mass is 9.88. The fourth-order valence-corrected chi connectivity index (χ4v) is 3.48. The van der Waals surface area contributed by atoms with Crippen molar-refractivity contribution in [3.8, 4) is 17.2 Å². The number of Topliss-reactive ketones (excluding diaryl/α,β-unsaturated/α-hetero) is 1. The molecule has 0 aromatic heterocycles. The van der Waals surface area contributed by atoms with Gasteiger partial charge in [0.25, 0.3) is 0 Å². The van der Waals surface area contributed by atoms with Crippen molar-refractivity contribution in [2.24, 2.45) is 5.92 Å². The van der Waals surface area contributed by atoms with E-state index in [1.54, 1.807) is 18.2 Å². The van der Waals surface area contributed by atoms with E-state index in [4.69, 9.17) is 4.74 Å². The molecule has 4 nitrogen and oxygen atoms in total. The van der Waals surface area contributed by atoms with Gasteiger partial charge in [-0.3, -0.25) is 4.79 Å². The van der Waals surface area contributed by atoms with Crippen LogP contribution in [0.2, 0.25) is 0 Å². The maximum Gasteiger partial charge on any atom is 0.177 e. The lowest BCUT2D eigenvalue weighted by Gasteiger charge is -2.24. The molecule has 0 saturated heterocycles. The molecular weight excluding hydrogens is 364 g/mol. The molecule has 0 radical (unpaired) electrons. The molecule has 4 heteroatoms. The molecular formula is C25H28O4. The number of hydrogen-bond donors (Lipinski definition) is 2. The number of fused-ring (bicyclic) bond motifs is 1. The maximum atomic E-state index is 12.9. The van der Waals surface area contributed by atoms with Crippen LogP contribution in [0.3, 0.4) is 0 Å². The van der Waals surface area contributed by atoms with Crippen LogP contribution in [0.25, 0.3) is 6.08 Å². The van der Waals surface area contributed by atoms with E-state index in [2.05, 4.69) is 32.9 Å². The number of aromatic hydroxyl groups is 2. The van der Waals surface area contributed by atoms with Crippen molar-refractivity contribution in [2.75, 3.05) is 6.61 Å². The topological polar surface area (TPSA) is 66.8 Å². The average Bonchev–Trinajstić information content (AvgIpc) is 2.66. The third-order valence-corrected chi connectivity index (χ3v) is 5.11. The smallest absolute Gasteiger partial charge is 0.177 e. The van der Waals surface area contributed by atoms with Gasteiger partial charge in [-0.25, -0.2) is 0 Å². The molecule has 1 heterocycles. The van der Waals surface area contributed by atoms with Crippen LogP contribution >= 0.6 is 0 Å². The molecule has 0 spiro atoms. The van der Waals surface area contributed by atoms with E-state index < -0.39 is 5.92 Å². The van der Waals surface area contributed by atoms with Gasteiger partial charge in [0, 0.05) is 6.07 Å². The van der Waals surface area contributed by atoms with Gasteiger partial charge in [-0.2, -0.15) is 0 Å². The molecule has 2 atom stereocenters. The van der Waals surface area contributed by atoms with Crippen LogP contribution in [0.5, 0.6) is 17.2 Å². The maximum absolute atomic E-state index is 12.9. The fraction of sp³-hybridized carbons (Fsp3) is 0.320. The molecule has 0 saturated carbocycles. The molecule has 2 aromatic rings. The molecule has 1 aliphatic heterocycles. The molecule has 3 rings (SSSR count). The van der Waals surface area contributed by atoms with Gasteiger partial charge >= 0.3 is 0 Å². The molecule has 2 unspecified atom stereocenters. The first kappa shape index (κ1) is 20.7. The van der Waals surface area contributed by atoms with Crippen molar-refractivity contribution in [3.05, 3.63) is 70.8 Å². The molecule has 2 aromatic carbocycles. The van der Waals surface area contributed by atoms with Gasteiger partial charge in [0.2, 0.25) is 0 Å². The van der Waals surface area contributed by atoms with E-state index in [-0.39, 0.29) is 23.9 Å². The minimum Gasteiger partial charge on any atom is -0.508 e. The largest absolute Gasteiger partial charge is 0.508 e. The first-order valence-corrected chi connectivity index (χ1v) is 9.99. The van der Waals surface area contributed by atoms with E-state index in [0.717, 1.165) is 24.0 Å². The summed E-state index contributed by atoms with van der Waals surface area (Å²) in [5.74, 6) is 0.456. The number of ketones is 1. The predicted molar refractivity (Wildman–Crippen MR) is 116 cm³/mol. The fourth-order valence-electron chi connectivity index (χ4n) is 3.48. The minimum atomic E-state index is -0.485. The Hall–Kier alpha value is -3.01. The number of carbonyl (C=O) groups is 1. The van der Waals surface area contributed by atoms with E-state index in [0.29, 0.717) is 17.2 Å². The highest BCUT2D eigenvalue weighted by Gasteiger charge is 2.30. The number of phenolic OH excluding ortho intramolecular Hbond substituents is 2. The zero-order chi connectivity index (χ0) is 21.0. The highest BCUT2D eigenvalue weighted by atomic mass is 16.5. The Kier molecular flexibility index (Phi) is 6.42. The number of rotatable bonds is 6. The molecule has 0 aliphatic carbocycles. The van der Waals surface area contributed by atoms with Gasteiger partial charge in [0.15, 0.2) is 5.78 Å². The summed E-state index contributed by atoms with van der Waals surface area (Å²) in [6.45, 7) is 6.56. The number of ether oxygens (including phenoxy) is 1. The Bertz CT molecular complexity index is 951. The molecule has 1 aliphatic rings. The van der Waals surface area contributed by atoms with Crippen LogP contribution < -0.4 is 4.74 Å². The second-order valence-electron chi connectivity index (χ2n) is 7.96. The van der Waals surface area contributed by atoms with Crippen molar-refractivity contribution in [1.29, 1.82) is 0 Å². The highest BCUT2D eigenvalue weighted by molar-refractivity contribution is 6.04. The van der Waals surface area contributed by atoms with Crippen LogP contribution in [0.4, 0.5) is 0 Å². The van der Waals surface area contributed by atoms with Gasteiger partial charge in [-0.05, 0) is 68.0 Å². The molecule has 29 heavy (non-hydrogen) atoms. The zero-order valence-corrected chi connectivity index (χ0v) is 17.2. The average molecular weight is 392 g/mol. The lowest BCUT2D eigenvalue weighted by Crippen LogP contribution is -2.26. The summed E-state index contributed by atoms with van der Waals surface area (Å²) < 4.78 is 5.70. The molecule has 0 fully saturated rings. The first-order valence-electron chi connectivity index (χ1n) is 9.99. The summed E-state index contributed by atoms with van der Waals surface area (Å²) >= 11 is 0. The number of allylic oxidation sites excluding steroid dienone is 3. The van der Waals surface area contributed by atoms with E-state index >= 15 is 0 Å². The predicted octanol–water partition coefficient (Wildman–Crippen LogP) is 5.85. The summed E-state index contributed by atoms with van der Waals surface area (Å²) in [6, 6.07) is 9.76. The number of phenols is 2. The highest BCUT2D eigenvalue weighted by Crippen LogP contribution is 2.36. The van der Waals surface area contributed by atoms with E-state index in [1.807, 2.05) is 12.1 Å². The third-order valence-electron chi connectivity index (χ3n) is 5.11. The van der Waals surface area contributed by atoms with Crippen LogP contribution in [-0.2, 0) is 0 Å². The van der Waals surface area contributed by atoms with Gasteiger partial charge in [0.1, 0.15) is 23.9 Å². The standard InChI is InChI=1S/C25H28O4/c1-16(2)5-4-6-17(3)7-8-18-11-19(13-21(27)12-18)23-15-29-24-14-20(26)9-10-22(24)25(23)28/h5,7-14,17,23,26-27H,4,6,15H2,1-3H3/b8-7+. The molecule has 152 valence electrons. The SMILES string of the molecule is CC(C)=CCCC(C)/C=C/c1cc(O)cc(C2COc3cc(O)ccc3C2=O)c1. The van der Waals surface area contributed by atoms with Crippen LogP contribution in [0.1, 0.15) is 61.0 Å². The monoisotopic (exact) mass is 392 g/mol. The second-order valence-corrected chi connectivity index (χ2v) is 7.96. The lowest BCUT2D eigenvalue weighted by molar-refractivity contribution is 0.0896. The second kappa shape index (κ2) is 8.99. The Morgan fingerprint density at radius 2 is 1.97 bits per heavy atom. The minimum absolute atomic E-state index is 0.0677. The first-order chi connectivity index (χ1) is 13.8. The van der Waals surface area contributed by atoms with Crippen molar-refractivity contribution < 1.29 is 19.7 Å². The summed E-state index contributed by atoms with van der Waals surface area (Å²) in [5.41, 5.74) is 3.37. The third kappa shape index (κ3) is 5.29. The summed E-state index contributed by atoms with van der Waals surface area (Å²) in [4.78, 5) is 12.9. The van der Waals surface area contributed by atoms with Crippen molar-refractivity contribution in [2.45, 2.75) is 39.5 Å². The van der Waals surface area contributed by atoms with Crippen molar-refractivity contribution in [1.82, 2.24) is 0 Å². The number of carbonyl (C=O) groups excluding carboxylic acids is 1. The van der Waals surface area contributed by atoms with Gasteiger partial charge in [-0.15, -0.1) is 0 Å². The molecule has 2 N–H and O–H groups in total. The Balaban J connectivity index is 1.77. The quantitative estimate of drug-likeness (QED) is 0.605. The van der Waals surface area contributed by atoms with Gasteiger partial charge < -0.3 is 14.9 Å².